The lowest BCUT2D eigenvalue weighted by molar-refractivity contribution is 0.933. The van der Waals surface area contributed by atoms with Crippen LogP contribution in [0, 0.1) is 6.42 Å². The average Bonchev–Trinajstić information content (AvgIpc) is 2.01. The number of allylic oxidation sites excluding steroid dienone is 6. The summed E-state index contributed by atoms with van der Waals surface area (Å²) in [6.45, 7) is 0. The largest absolute Gasteiger partial charge is 0.0845 e. The first-order chi connectivity index (χ1) is 5.00. The van der Waals surface area contributed by atoms with E-state index in [1.54, 1.807) is 0 Å². The van der Waals surface area contributed by atoms with Crippen LogP contribution in [0.2, 0.25) is 0 Å². The standard InChI is InChI=1S/C10H13/c1-2-4-6-8-10-9-7-5-3-1/h1-6,9H,7-8,10H2. The van der Waals surface area contributed by atoms with E-state index >= 15 is 0 Å². The number of hydrogen-bond donors (Lipinski definition) is 0. The quantitative estimate of drug-likeness (QED) is 0.476. The molecule has 0 atom stereocenters. The SMILES string of the molecule is [CH]1CC=CC=CC=CCC1. The summed E-state index contributed by atoms with van der Waals surface area (Å²) in [5.74, 6) is 0. The predicted octanol–water partition coefficient (Wildman–Crippen LogP) is 3.04. The predicted molar refractivity (Wildman–Crippen MR) is 45.6 cm³/mol. The zero-order valence-corrected chi connectivity index (χ0v) is 6.16. The van der Waals surface area contributed by atoms with Crippen molar-refractivity contribution in [2.75, 3.05) is 0 Å². The summed E-state index contributed by atoms with van der Waals surface area (Å²) in [6, 6.07) is 0. The van der Waals surface area contributed by atoms with Gasteiger partial charge in [-0.1, -0.05) is 36.5 Å². The average molecular weight is 133 g/mol. The molecule has 0 spiro atoms. The van der Waals surface area contributed by atoms with E-state index in [-0.39, 0.29) is 0 Å². The second-order valence-electron chi connectivity index (χ2n) is 2.34. The smallest absolute Gasteiger partial charge is 0.0316 e. The Balaban J connectivity index is 2.40. The summed E-state index contributed by atoms with van der Waals surface area (Å²) in [7, 11) is 0. The van der Waals surface area contributed by atoms with E-state index in [2.05, 4.69) is 42.9 Å². The van der Waals surface area contributed by atoms with Crippen LogP contribution in [-0.2, 0) is 0 Å². The maximum atomic E-state index is 2.31. The molecule has 10 heavy (non-hydrogen) atoms. The zero-order valence-electron chi connectivity index (χ0n) is 6.16. The van der Waals surface area contributed by atoms with Crippen molar-refractivity contribution in [2.24, 2.45) is 0 Å². The second-order valence-corrected chi connectivity index (χ2v) is 2.34. The van der Waals surface area contributed by atoms with Gasteiger partial charge in [-0.15, -0.1) is 0 Å². The maximum Gasteiger partial charge on any atom is -0.0316 e. The van der Waals surface area contributed by atoms with Crippen molar-refractivity contribution in [2.45, 2.75) is 19.3 Å². The molecular formula is C10H13. The molecule has 0 aromatic carbocycles. The van der Waals surface area contributed by atoms with Gasteiger partial charge in [0.1, 0.15) is 0 Å². The highest BCUT2D eigenvalue weighted by atomic mass is 13.9. The number of hydrogen-bond acceptors (Lipinski definition) is 0. The van der Waals surface area contributed by atoms with Gasteiger partial charge in [0.15, 0.2) is 0 Å². The lowest BCUT2D eigenvalue weighted by Crippen LogP contribution is -1.74. The van der Waals surface area contributed by atoms with Crippen LogP contribution in [0.5, 0.6) is 0 Å². The molecule has 0 aromatic rings. The minimum Gasteiger partial charge on any atom is -0.0845 e. The lowest BCUT2D eigenvalue weighted by Gasteiger charge is -1.92. The summed E-state index contributed by atoms with van der Waals surface area (Å²) in [5, 5.41) is 0. The second kappa shape index (κ2) is 5.04. The van der Waals surface area contributed by atoms with Crippen LogP contribution in [-0.4, -0.2) is 0 Å². The molecule has 0 heteroatoms. The highest BCUT2D eigenvalue weighted by Crippen LogP contribution is 2.01. The van der Waals surface area contributed by atoms with Gasteiger partial charge in [-0.2, -0.15) is 0 Å². The molecule has 53 valence electrons. The van der Waals surface area contributed by atoms with E-state index in [4.69, 9.17) is 0 Å². The van der Waals surface area contributed by atoms with Crippen LogP contribution in [0.4, 0.5) is 0 Å². The minimum absolute atomic E-state index is 1.11. The molecule has 1 aliphatic carbocycles. The van der Waals surface area contributed by atoms with Crippen molar-refractivity contribution in [3.05, 3.63) is 42.9 Å². The van der Waals surface area contributed by atoms with E-state index in [1.807, 2.05) is 0 Å². The highest BCUT2D eigenvalue weighted by molar-refractivity contribution is 5.12. The van der Waals surface area contributed by atoms with Crippen LogP contribution in [0.15, 0.2) is 36.5 Å². The summed E-state index contributed by atoms with van der Waals surface area (Å²) >= 11 is 0. The summed E-state index contributed by atoms with van der Waals surface area (Å²) < 4.78 is 0. The third-order valence-corrected chi connectivity index (χ3v) is 1.45. The van der Waals surface area contributed by atoms with Gasteiger partial charge in [-0.05, 0) is 25.7 Å². The van der Waals surface area contributed by atoms with Crippen LogP contribution in [0.1, 0.15) is 19.3 Å². The van der Waals surface area contributed by atoms with Gasteiger partial charge in [-0.3, -0.25) is 0 Å². The van der Waals surface area contributed by atoms with Crippen molar-refractivity contribution in [3.8, 4) is 0 Å². The normalized spacial score (nSPS) is 19.2. The third kappa shape index (κ3) is 3.29. The van der Waals surface area contributed by atoms with E-state index in [0.717, 1.165) is 6.42 Å². The molecule has 0 saturated carbocycles. The molecule has 0 aliphatic heterocycles. The summed E-state index contributed by atoms with van der Waals surface area (Å²) in [6.07, 6.45) is 18.5. The summed E-state index contributed by atoms with van der Waals surface area (Å²) in [4.78, 5) is 0. The zero-order chi connectivity index (χ0) is 7.07. The minimum atomic E-state index is 1.11. The fraction of sp³-hybridized carbons (Fsp3) is 0.300. The van der Waals surface area contributed by atoms with Crippen molar-refractivity contribution in [1.82, 2.24) is 0 Å². The van der Waals surface area contributed by atoms with E-state index < -0.39 is 0 Å². The first kappa shape index (κ1) is 7.33. The van der Waals surface area contributed by atoms with Crippen LogP contribution >= 0.6 is 0 Å². The Morgan fingerprint density at radius 1 is 0.700 bits per heavy atom. The molecule has 0 nitrogen and oxygen atoms in total. The van der Waals surface area contributed by atoms with Crippen molar-refractivity contribution >= 4 is 0 Å². The maximum absolute atomic E-state index is 2.31. The van der Waals surface area contributed by atoms with Crippen LogP contribution in [0.3, 0.4) is 0 Å². The van der Waals surface area contributed by atoms with Crippen LogP contribution < -0.4 is 0 Å². The van der Waals surface area contributed by atoms with Crippen molar-refractivity contribution in [1.29, 1.82) is 0 Å². The van der Waals surface area contributed by atoms with Gasteiger partial charge in [-0.25, -0.2) is 0 Å². The lowest BCUT2D eigenvalue weighted by atomic mass is 10.1. The molecule has 0 heterocycles. The molecule has 0 aromatic heterocycles. The van der Waals surface area contributed by atoms with E-state index in [9.17, 15) is 0 Å². The van der Waals surface area contributed by atoms with Crippen molar-refractivity contribution < 1.29 is 0 Å². The Kier molecular flexibility index (Phi) is 3.69. The number of rotatable bonds is 0. The molecule has 0 unspecified atom stereocenters. The molecular weight excluding hydrogens is 120 g/mol. The van der Waals surface area contributed by atoms with Crippen molar-refractivity contribution in [3.63, 3.8) is 0 Å². The Morgan fingerprint density at radius 3 is 2.40 bits per heavy atom. The first-order valence-electron chi connectivity index (χ1n) is 3.80. The van der Waals surface area contributed by atoms with E-state index in [1.165, 1.54) is 12.8 Å². The Morgan fingerprint density at radius 2 is 1.50 bits per heavy atom. The topological polar surface area (TPSA) is 0 Å². The Labute approximate surface area is 62.9 Å². The Bertz CT molecular complexity index is 131. The monoisotopic (exact) mass is 133 g/mol. The van der Waals surface area contributed by atoms with E-state index in [0.29, 0.717) is 0 Å². The van der Waals surface area contributed by atoms with Gasteiger partial charge in [0.05, 0.1) is 0 Å². The van der Waals surface area contributed by atoms with Gasteiger partial charge in [0.25, 0.3) is 0 Å². The van der Waals surface area contributed by atoms with Crippen LogP contribution in [0.25, 0.3) is 0 Å². The molecule has 1 aliphatic rings. The molecule has 0 amide bonds. The van der Waals surface area contributed by atoms with Gasteiger partial charge >= 0.3 is 0 Å². The Hall–Kier alpha value is -0.780. The molecule has 0 N–H and O–H groups in total. The first-order valence-corrected chi connectivity index (χ1v) is 3.80. The van der Waals surface area contributed by atoms with Gasteiger partial charge < -0.3 is 0 Å². The summed E-state index contributed by atoms with van der Waals surface area (Å²) in [5.41, 5.74) is 0. The fourth-order valence-corrected chi connectivity index (χ4v) is 0.888. The highest BCUT2D eigenvalue weighted by Gasteiger charge is 1.83. The molecule has 0 bridgehead atoms. The fourth-order valence-electron chi connectivity index (χ4n) is 0.888. The molecule has 0 saturated heterocycles. The molecule has 0 fully saturated rings. The molecule has 1 rings (SSSR count). The van der Waals surface area contributed by atoms with Gasteiger partial charge in [0, 0.05) is 0 Å². The van der Waals surface area contributed by atoms with Gasteiger partial charge in [0.2, 0.25) is 0 Å². The third-order valence-electron chi connectivity index (χ3n) is 1.45. The molecule has 1 radical (unpaired) electrons.